The van der Waals surface area contributed by atoms with Gasteiger partial charge in [-0.05, 0) is 38.0 Å². The lowest BCUT2D eigenvalue weighted by Gasteiger charge is -2.24. The van der Waals surface area contributed by atoms with Gasteiger partial charge in [0, 0.05) is 17.6 Å². The molecule has 0 aliphatic heterocycles. The van der Waals surface area contributed by atoms with E-state index in [4.69, 9.17) is 33.4 Å². The van der Waals surface area contributed by atoms with E-state index in [1.54, 1.807) is 10.9 Å². The van der Waals surface area contributed by atoms with Gasteiger partial charge in [-0.25, -0.2) is 0 Å². The molecule has 0 bridgehead atoms. The molecule has 0 aliphatic rings. The van der Waals surface area contributed by atoms with Crippen molar-refractivity contribution in [1.82, 2.24) is 20.3 Å². The lowest BCUT2D eigenvalue weighted by molar-refractivity contribution is 0.371. The number of aromatic nitrogens is 3. The van der Waals surface area contributed by atoms with Crippen LogP contribution in [0.3, 0.4) is 0 Å². The quantitative estimate of drug-likeness (QED) is 0.560. The van der Waals surface area contributed by atoms with Crippen molar-refractivity contribution < 1.29 is 0 Å². The van der Waals surface area contributed by atoms with E-state index in [1.807, 2.05) is 30.3 Å². The Morgan fingerprint density at radius 2 is 1.74 bits per heavy atom. The van der Waals surface area contributed by atoms with Crippen LogP contribution in [0.4, 0.5) is 0 Å². The molecule has 4 nitrogen and oxygen atoms in total. The highest BCUT2D eigenvalue weighted by atomic mass is 35.5. The molecule has 2 aromatic carbocycles. The monoisotopic (exact) mass is 402 g/mol. The second kappa shape index (κ2) is 8.42. The van der Waals surface area contributed by atoms with E-state index in [0.717, 1.165) is 28.9 Å². The van der Waals surface area contributed by atoms with Crippen LogP contribution in [0.2, 0.25) is 10.0 Å². The molecule has 0 saturated carbocycles. The van der Waals surface area contributed by atoms with Crippen LogP contribution in [0.25, 0.3) is 11.3 Å². The molecule has 6 heteroatoms. The van der Waals surface area contributed by atoms with Gasteiger partial charge in [0.1, 0.15) is 11.4 Å². The molecule has 0 atom stereocenters. The van der Waals surface area contributed by atoms with Crippen molar-refractivity contribution in [3.63, 3.8) is 0 Å². The van der Waals surface area contributed by atoms with Crippen LogP contribution in [0.5, 0.6) is 0 Å². The lowest BCUT2D eigenvalue weighted by Crippen LogP contribution is -2.38. The Labute approximate surface area is 170 Å². The molecule has 27 heavy (non-hydrogen) atoms. The minimum Gasteiger partial charge on any atom is -0.306 e. The summed E-state index contributed by atoms with van der Waals surface area (Å²) in [7, 11) is 0. The van der Waals surface area contributed by atoms with Crippen molar-refractivity contribution in [1.29, 1.82) is 0 Å². The van der Waals surface area contributed by atoms with Gasteiger partial charge in [0.2, 0.25) is 0 Å². The van der Waals surface area contributed by atoms with Crippen LogP contribution in [-0.4, -0.2) is 20.5 Å². The predicted octanol–water partition coefficient (Wildman–Crippen LogP) is 5.58. The maximum Gasteiger partial charge on any atom is 0.117 e. The zero-order chi connectivity index (χ0) is 19.4. The van der Waals surface area contributed by atoms with E-state index in [2.05, 4.69) is 38.2 Å². The minimum atomic E-state index is 0.0431. The average molecular weight is 403 g/mol. The van der Waals surface area contributed by atoms with Gasteiger partial charge < -0.3 is 5.32 Å². The third kappa shape index (κ3) is 5.10. The molecule has 0 radical (unpaired) electrons. The summed E-state index contributed by atoms with van der Waals surface area (Å²) in [6, 6.07) is 15.7. The highest BCUT2D eigenvalue weighted by Crippen LogP contribution is 2.24. The molecular formula is C21H24Cl2N4. The van der Waals surface area contributed by atoms with Gasteiger partial charge in [-0.3, -0.25) is 0 Å². The maximum atomic E-state index is 6.14. The normalized spacial score (nSPS) is 11.7. The van der Waals surface area contributed by atoms with Crippen LogP contribution in [0.15, 0.2) is 48.5 Å². The highest BCUT2D eigenvalue weighted by molar-refractivity contribution is 6.42. The van der Waals surface area contributed by atoms with Gasteiger partial charge >= 0.3 is 0 Å². The first-order chi connectivity index (χ1) is 12.9. The number of benzene rings is 2. The first-order valence-electron chi connectivity index (χ1n) is 9.06. The zero-order valence-corrected chi connectivity index (χ0v) is 17.3. The Hall–Kier alpha value is -1.88. The number of nitrogens with one attached hydrogen (secondary N) is 1. The summed E-state index contributed by atoms with van der Waals surface area (Å²) in [5.41, 5.74) is 3.94. The van der Waals surface area contributed by atoms with Crippen molar-refractivity contribution in [2.45, 2.75) is 45.8 Å². The van der Waals surface area contributed by atoms with Gasteiger partial charge in [-0.15, -0.1) is 0 Å². The van der Waals surface area contributed by atoms with Crippen molar-refractivity contribution in [2.24, 2.45) is 0 Å². The Balaban J connectivity index is 1.90. The molecule has 3 rings (SSSR count). The molecule has 0 fully saturated rings. The largest absolute Gasteiger partial charge is 0.306 e. The second-order valence-electron chi connectivity index (χ2n) is 7.23. The van der Waals surface area contributed by atoms with Crippen LogP contribution in [0, 0.1) is 0 Å². The molecule has 1 heterocycles. The van der Waals surface area contributed by atoms with Crippen molar-refractivity contribution >= 4 is 23.2 Å². The molecule has 0 amide bonds. The van der Waals surface area contributed by atoms with Crippen LogP contribution < -0.4 is 5.32 Å². The molecule has 142 valence electrons. The number of hydrogen-bond donors (Lipinski definition) is 1. The minimum absolute atomic E-state index is 0.0431. The standard InChI is InChI=1S/C21H24Cl2N4/c1-4-21(2,3)24-13-19-20(16-8-6-5-7-9-16)26-27(25-19)14-15-10-11-17(22)18(23)12-15/h5-12,24H,4,13-14H2,1-3H3. The van der Waals surface area contributed by atoms with Crippen molar-refractivity contribution in [3.05, 3.63) is 69.8 Å². The van der Waals surface area contributed by atoms with E-state index >= 15 is 0 Å². The summed E-state index contributed by atoms with van der Waals surface area (Å²) in [6.07, 6.45) is 1.03. The third-order valence-electron chi connectivity index (χ3n) is 4.70. The Morgan fingerprint density at radius 1 is 1.00 bits per heavy atom. The summed E-state index contributed by atoms with van der Waals surface area (Å²) < 4.78 is 0. The second-order valence-corrected chi connectivity index (χ2v) is 8.05. The summed E-state index contributed by atoms with van der Waals surface area (Å²) in [4.78, 5) is 1.72. The Bertz CT molecular complexity index is 904. The molecule has 1 N–H and O–H groups in total. The molecular weight excluding hydrogens is 379 g/mol. The van der Waals surface area contributed by atoms with Crippen molar-refractivity contribution in [3.8, 4) is 11.3 Å². The maximum absolute atomic E-state index is 6.14. The smallest absolute Gasteiger partial charge is 0.117 e. The topological polar surface area (TPSA) is 42.7 Å². The van der Waals surface area contributed by atoms with Gasteiger partial charge in [0.25, 0.3) is 0 Å². The first-order valence-corrected chi connectivity index (χ1v) is 9.82. The Morgan fingerprint density at radius 3 is 2.41 bits per heavy atom. The van der Waals surface area contributed by atoms with Gasteiger partial charge in [-0.1, -0.05) is 66.5 Å². The van der Waals surface area contributed by atoms with Crippen LogP contribution in [-0.2, 0) is 13.1 Å². The van der Waals surface area contributed by atoms with Gasteiger partial charge in [0.15, 0.2) is 0 Å². The number of halogens is 2. The fourth-order valence-electron chi connectivity index (χ4n) is 2.64. The van der Waals surface area contributed by atoms with Crippen LogP contribution in [0.1, 0.15) is 38.4 Å². The third-order valence-corrected chi connectivity index (χ3v) is 5.44. The first kappa shape index (κ1) is 19.9. The molecule has 0 aliphatic carbocycles. The lowest BCUT2D eigenvalue weighted by atomic mass is 10.0. The number of rotatable bonds is 7. The van der Waals surface area contributed by atoms with Gasteiger partial charge in [0.05, 0.1) is 16.6 Å². The van der Waals surface area contributed by atoms with E-state index in [-0.39, 0.29) is 5.54 Å². The summed E-state index contributed by atoms with van der Waals surface area (Å²) >= 11 is 12.1. The Kier molecular flexibility index (Phi) is 6.20. The summed E-state index contributed by atoms with van der Waals surface area (Å²) in [5.74, 6) is 0. The molecule has 0 spiro atoms. The predicted molar refractivity (Wildman–Crippen MR) is 112 cm³/mol. The summed E-state index contributed by atoms with van der Waals surface area (Å²) in [6.45, 7) is 7.75. The molecule has 0 unspecified atom stereocenters. The van der Waals surface area contributed by atoms with Crippen molar-refractivity contribution in [2.75, 3.05) is 0 Å². The fourth-order valence-corrected chi connectivity index (χ4v) is 2.96. The number of nitrogens with zero attached hydrogens (tertiary/aromatic N) is 3. The van der Waals surface area contributed by atoms with Gasteiger partial charge in [-0.2, -0.15) is 15.0 Å². The fraction of sp³-hybridized carbons (Fsp3) is 0.333. The van der Waals surface area contributed by atoms with E-state index in [0.29, 0.717) is 23.1 Å². The zero-order valence-electron chi connectivity index (χ0n) is 15.8. The summed E-state index contributed by atoms with van der Waals surface area (Å²) in [5, 5.41) is 14.1. The van der Waals surface area contributed by atoms with E-state index in [9.17, 15) is 0 Å². The average Bonchev–Trinajstić information content (AvgIpc) is 3.07. The molecule has 3 aromatic rings. The highest BCUT2D eigenvalue weighted by Gasteiger charge is 2.18. The van der Waals surface area contributed by atoms with E-state index in [1.165, 1.54) is 0 Å². The number of hydrogen-bond acceptors (Lipinski definition) is 3. The molecule has 1 aromatic heterocycles. The van der Waals surface area contributed by atoms with E-state index < -0.39 is 0 Å². The SMILES string of the molecule is CCC(C)(C)NCc1nn(Cc2ccc(Cl)c(Cl)c2)nc1-c1ccccc1. The van der Waals surface area contributed by atoms with Crippen LogP contribution >= 0.6 is 23.2 Å². The molecule has 0 saturated heterocycles.